The van der Waals surface area contributed by atoms with Crippen LogP contribution in [0.15, 0.2) is 231 Å². The lowest BCUT2D eigenvalue weighted by molar-refractivity contribution is 0.769. The Morgan fingerprint density at radius 2 is 0.839 bits per heavy atom. The maximum Gasteiger partial charge on any atom is 0.160 e. The number of aromatic nitrogens is 2. The molecule has 290 valence electrons. The SMILES string of the molecule is c1ccc(-c2nc(-c3cccc(-c4ccc5c(c4)C(c4ccccc4)(c4ccccc4)c4ccccc4-5)c3)cc(-c3cccc(-c4cccc5sc6ccccc6c45)c3)n2)cc1. The number of thiophene rings is 1. The highest BCUT2D eigenvalue weighted by atomic mass is 32.1. The minimum absolute atomic E-state index is 0.467. The molecule has 0 atom stereocenters. The summed E-state index contributed by atoms with van der Waals surface area (Å²) in [5.74, 6) is 0.700. The van der Waals surface area contributed by atoms with Crippen LogP contribution in [0.25, 0.3) is 87.5 Å². The first-order valence-corrected chi connectivity index (χ1v) is 22.0. The molecule has 0 N–H and O–H groups in total. The van der Waals surface area contributed by atoms with Gasteiger partial charge in [-0.05, 0) is 92.0 Å². The zero-order chi connectivity index (χ0) is 41.0. The number of nitrogens with zero attached hydrogens (tertiary/aromatic N) is 2. The van der Waals surface area contributed by atoms with Gasteiger partial charge in [0.1, 0.15) is 0 Å². The van der Waals surface area contributed by atoms with E-state index in [1.165, 1.54) is 64.7 Å². The Morgan fingerprint density at radius 1 is 0.323 bits per heavy atom. The fourth-order valence-electron chi connectivity index (χ4n) is 9.80. The van der Waals surface area contributed by atoms with Gasteiger partial charge in [-0.2, -0.15) is 0 Å². The standard InChI is InChI=1S/C59H38N2S/c1-4-17-39(18-5-1)58-60-53(38-54(61-58)44-22-15-20-42(36-44)47-29-16-32-56-57(47)50-28-11-13-31-55(50)62-56)43-21-14-19-40(35-43)41-33-34-49-48-27-10-12-30-51(48)59(52(49)37-41,45-23-6-2-7-24-45)46-25-8-3-9-26-46/h1-38H. The monoisotopic (exact) mass is 806 g/mol. The fourth-order valence-corrected chi connectivity index (χ4v) is 10.9. The molecule has 12 rings (SSSR count). The van der Waals surface area contributed by atoms with Crippen molar-refractivity contribution in [1.29, 1.82) is 0 Å². The molecular weight excluding hydrogens is 769 g/mol. The molecule has 2 heterocycles. The zero-order valence-electron chi connectivity index (χ0n) is 33.7. The second kappa shape index (κ2) is 14.8. The highest BCUT2D eigenvalue weighted by Gasteiger charge is 2.46. The van der Waals surface area contributed by atoms with Crippen molar-refractivity contribution in [2.24, 2.45) is 0 Å². The van der Waals surface area contributed by atoms with Gasteiger partial charge >= 0.3 is 0 Å². The number of rotatable bonds is 7. The Morgan fingerprint density at radius 3 is 1.58 bits per heavy atom. The maximum atomic E-state index is 5.26. The highest BCUT2D eigenvalue weighted by molar-refractivity contribution is 7.25. The van der Waals surface area contributed by atoms with Crippen molar-refractivity contribution < 1.29 is 0 Å². The minimum Gasteiger partial charge on any atom is -0.228 e. The minimum atomic E-state index is -0.467. The Bertz CT molecular complexity index is 3420. The molecule has 0 amide bonds. The molecule has 0 aliphatic heterocycles. The van der Waals surface area contributed by atoms with Crippen LogP contribution in [0.3, 0.4) is 0 Å². The molecule has 11 aromatic rings. The van der Waals surface area contributed by atoms with Gasteiger partial charge in [0, 0.05) is 36.9 Å². The third kappa shape index (κ3) is 5.85. The molecule has 0 unspecified atom stereocenters. The highest BCUT2D eigenvalue weighted by Crippen LogP contribution is 2.56. The Hall–Kier alpha value is -7.72. The van der Waals surface area contributed by atoms with Crippen molar-refractivity contribution in [2.75, 3.05) is 0 Å². The summed E-state index contributed by atoms with van der Waals surface area (Å²) in [7, 11) is 0. The molecule has 1 aliphatic carbocycles. The van der Waals surface area contributed by atoms with Gasteiger partial charge in [0.15, 0.2) is 5.82 Å². The first-order valence-electron chi connectivity index (χ1n) is 21.1. The first-order chi connectivity index (χ1) is 30.7. The summed E-state index contributed by atoms with van der Waals surface area (Å²) in [5.41, 5.74) is 16.7. The molecule has 0 spiro atoms. The van der Waals surface area contributed by atoms with Crippen LogP contribution in [0.1, 0.15) is 22.3 Å². The molecular formula is C59H38N2S. The van der Waals surface area contributed by atoms with E-state index < -0.39 is 5.41 Å². The Kier molecular flexibility index (Phi) is 8.62. The van der Waals surface area contributed by atoms with E-state index >= 15 is 0 Å². The largest absolute Gasteiger partial charge is 0.228 e. The predicted molar refractivity (Wildman–Crippen MR) is 259 cm³/mol. The third-order valence-electron chi connectivity index (χ3n) is 12.6. The maximum absolute atomic E-state index is 5.26. The molecule has 0 saturated carbocycles. The number of hydrogen-bond donors (Lipinski definition) is 0. The molecule has 0 bridgehead atoms. The number of benzene rings is 9. The van der Waals surface area contributed by atoms with E-state index in [9.17, 15) is 0 Å². The van der Waals surface area contributed by atoms with Crippen LogP contribution in [0, 0.1) is 0 Å². The summed E-state index contributed by atoms with van der Waals surface area (Å²) in [6.07, 6.45) is 0. The van der Waals surface area contributed by atoms with E-state index in [2.05, 4.69) is 224 Å². The van der Waals surface area contributed by atoms with Crippen molar-refractivity contribution >= 4 is 31.5 Å². The summed E-state index contributed by atoms with van der Waals surface area (Å²) >= 11 is 1.85. The van der Waals surface area contributed by atoms with Crippen molar-refractivity contribution in [3.8, 4) is 67.3 Å². The van der Waals surface area contributed by atoms with E-state index in [4.69, 9.17) is 9.97 Å². The van der Waals surface area contributed by atoms with Gasteiger partial charge in [-0.15, -0.1) is 11.3 Å². The molecule has 3 heteroatoms. The molecule has 2 nitrogen and oxygen atoms in total. The van der Waals surface area contributed by atoms with E-state index in [-0.39, 0.29) is 0 Å². The van der Waals surface area contributed by atoms with Crippen LogP contribution in [0.4, 0.5) is 0 Å². The lowest BCUT2D eigenvalue weighted by Gasteiger charge is -2.34. The van der Waals surface area contributed by atoms with Crippen LogP contribution in [-0.2, 0) is 5.41 Å². The van der Waals surface area contributed by atoms with Crippen LogP contribution >= 0.6 is 11.3 Å². The molecule has 62 heavy (non-hydrogen) atoms. The zero-order valence-corrected chi connectivity index (χ0v) is 34.6. The van der Waals surface area contributed by atoms with E-state index in [1.807, 2.05) is 17.4 Å². The normalized spacial score (nSPS) is 12.6. The van der Waals surface area contributed by atoms with Gasteiger partial charge in [-0.3, -0.25) is 0 Å². The molecule has 9 aromatic carbocycles. The Labute approximate surface area is 365 Å². The number of fused-ring (bicyclic) bond motifs is 6. The smallest absolute Gasteiger partial charge is 0.160 e. The molecule has 2 aromatic heterocycles. The average molecular weight is 807 g/mol. The van der Waals surface area contributed by atoms with Crippen molar-refractivity contribution in [3.05, 3.63) is 253 Å². The van der Waals surface area contributed by atoms with E-state index in [0.29, 0.717) is 5.82 Å². The lowest BCUT2D eigenvalue weighted by Crippen LogP contribution is -2.28. The molecule has 0 fully saturated rings. The predicted octanol–water partition coefficient (Wildman–Crippen LogP) is 15.5. The second-order valence-corrected chi connectivity index (χ2v) is 17.1. The second-order valence-electron chi connectivity index (χ2n) is 16.1. The van der Waals surface area contributed by atoms with Gasteiger partial charge in [0.25, 0.3) is 0 Å². The molecule has 1 aliphatic rings. The summed E-state index contributed by atoms with van der Waals surface area (Å²) < 4.78 is 2.60. The fraction of sp³-hybridized carbons (Fsp3) is 0.0169. The van der Waals surface area contributed by atoms with Crippen LogP contribution in [0.2, 0.25) is 0 Å². The van der Waals surface area contributed by atoms with Gasteiger partial charge in [0.05, 0.1) is 16.8 Å². The molecule has 0 saturated heterocycles. The van der Waals surface area contributed by atoms with Crippen molar-refractivity contribution in [2.45, 2.75) is 5.41 Å². The quantitative estimate of drug-likeness (QED) is 0.160. The van der Waals surface area contributed by atoms with Crippen LogP contribution in [0.5, 0.6) is 0 Å². The van der Waals surface area contributed by atoms with Crippen molar-refractivity contribution in [1.82, 2.24) is 9.97 Å². The van der Waals surface area contributed by atoms with Gasteiger partial charge in [-0.1, -0.05) is 194 Å². The summed E-state index contributed by atoms with van der Waals surface area (Å²) in [6.45, 7) is 0. The van der Waals surface area contributed by atoms with E-state index in [0.717, 1.165) is 39.2 Å². The average Bonchev–Trinajstić information content (AvgIpc) is 3.89. The van der Waals surface area contributed by atoms with Crippen LogP contribution < -0.4 is 0 Å². The summed E-state index contributed by atoms with van der Waals surface area (Å²) in [6, 6.07) is 83.4. The topological polar surface area (TPSA) is 25.8 Å². The van der Waals surface area contributed by atoms with Gasteiger partial charge < -0.3 is 0 Å². The van der Waals surface area contributed by atoms with Crippen LogP contribution in [-0.4, -0.2) is 9.97 Å². The first kappa shape index (κ1) is 36.2. The summed E-state index contributed by atoms with van der Waals surface area (Å²) in [5, 5.41) is 2.60. The van der Waals surface area contributed by atoms with E-state index in [1.54, 1.807) is 0 Å². The molecule has 0 radical (unpaired) electrons. The van der Waals surface area contributed by atoms with Gasteiger partial charge in [-0.25, -0.2) is 9.97 Å². The van der Waals surface area contributed by atoms with Gasteiger partial charge in [0.2, 0.25) is 0 Å². The van der Waals surface area contributed by atoms with Crippen molar-refractivity contribution in [3.63, 3.8) is 0 Å². The summed E-state index contributed by atoms with van der Waals surface area (Å²) in [4.78, 5) is 10.5. The lowest BCUT2D eigenvalue weighted by atomic mass is 9.67. The number of hydrogen-bond acceptors (Lipinski definition) is 3. The Balaban J connectivity index is 0.998. The third-order valence-corrected chi connectivity index (χ3v) is 13.7.